The molecule has 0 fully saturated rings. The normalized spacial score (nSPS) is 13.4. The molecule has 0 radical (unpaired) electrons. The number of hydrogen-bond donors (Lipinski definition) is 12. The van der Waals surface area contributed by atoms with Gasteiger partial charge in [0.2, 0.25) is 0 Å². The number of fused-ring (bicyclic) bond motifs is 2. The Hall–Kier alpha value is -5.56. The van der Waals surface area contributed by atoms with E-state index in [-0.39, 0.29) is 11.1 Å². The van der Waals surface area contributed by atoms with Crippen molar-refractivity contribution in [3.05, 3.63) is 72.8 Å². The molecule has 0 unspecified atom stereocenters. The van der Waals surface area contributed by atoms with Crippen LogP contribution in [0, 0.1) is 0 Å². The maximum atomic E-state index is 12.6. The average Bonchev–Trinajstić information content (AvgIpc) is 3.14. The van der Waals surface area contributed by atoms with Gasteiger partial charge < -0.3 is 0 Å². The van der Waals surface area contributed by atoms with E-state index in [0.29, 0.717) is 36.4 Å². The number of hydrogen-bond acceptors (Lipinski definition) is 18. The van der Waals surface area contributed by atoms with Gasteiger partial charge in [-0.25, -0.2) is 0 Å². The summed E-state index contributed by atoms with van der Waals surface area (Å²) in [6, 6.07) is 8.55. The summed E-state index contributed by atoms with van der Waals surface area (Å²) in [6.07, 6.45) is 0. The molecule has 0 aliphatic carbocycles. The van der Waals surface area contributed by atoms with Crippen LogP contribution in [0.3, 0.4) is 0 Å². The molecule has 12 N–H and O–H groups in total. The molecule has 0 spiro atoms. The first kappa shape index (κ1) is 47.9. The van der Waals surface area contributed by atoms with Gasteiger partial charge in [-0.15, -0.1) is 0 Å². The van der Waals surface area contributed by atoms with Crippen LogP contribution in [-0.2, 0) is 48.0 Å². The first-order valence-corrected chi connectivity index (χ1v) is 28.9. The van der Waals surface area contributed by atoms with Gasteiger partial charge in [-0.2, -0.15) is 0 Å². The summed E-state index contributed by atoms with van der Waals surface area (Å²) in [6.45, 7) is 0. The fourth-order valence-corrected chi connectivity index (χ4v) is 11.3. The van der Waals surface area contributed by atoms with Crippen molar-refractivity contribution in [1.29, 1.82) is 0 Å². The molecule has 6 aromatic carbocycles. The van der Waals surface area contributed by atoms with E-state index >= 15 is 0 Å². The fourth-order valence-electron chi connectivity index (χ4n) is 6.03. The fraction of sp³-hybridized carbons (Fsp3) is 0. The maximum absolute atomic E-state index is 12.6. The molecule has 0 aromatic heterocycles. The van der Waals surface area contributed by atoms with Gasteiger partial charge in [0.15, 0.2) is 0 Å². The number of aromatic hydroxyl groups is 4. The van der Waals surface area contributed by atoms with Crippen molar-refractivity contribution < 1.29 is 96.2 Å². The minimum atomic E-state index is -6.08. The summed E-state index contributed by atoms with van der Waals surface area (Å²) < 4.78 is 199. The number of benzene rings is 6. The first-order valence-electron chi connectivity index (χ1n) is 16.4. The Labute approximate surface area is 362 Å². The van der Waals surface area contributed by atoms with E-state index < -0.39 is 164 Å². The van der Waals surface area contributed by atoms with Crippen LogP contribution in [0.1, 0.15) is 0 Å². The van der Waals surface area contributed by atoms with E-state index in [4.69, 9.17) is 0 Å². The van der Waals surface area contributed by atoms with Crippen LogP contribution in [0.5, 0.6) is 23.0 Å². The molecule has 32 heteroatoms. The number of nitrogens with zero attached hydrogens (tertiary/aromatic N) is 4. The van der Waals surface area contributed by atoms with Crippen molar-refractivity contribution in [1.82, 2.24) is 0 Å². The van der Waals surface area contributed by atoms with Crippen LogP contribution < -0.4 is 8.70 Å². The number of azo groups is 2. The average molecular weight is 1090 g/mol. The summed E-state index contributed by atoms with van der Waals surface area (Å²) in [5, 5.41) is 54.9. The number of phenolic OH excluding ortho intramolecular Hbond substituents is 4. The standard InChI is InChI=1S/C32H24As2N4O22S4/c39-23-11-17(61(49,50)51)5-15-9-25(63(55,56)57)29(31(41)27(15)23)37-35-21-7-13(1-3-19(21)33(43,44)45)14-2-4-20(34(46,47)48)22(8-14)36-38-30-26(64(58,59)60)10-16-6-18(62(52,53)54)12-24(40)28(16)32(30)42/h1-12,39-42H,(H2,43,44,45)(H2,46,47,48)(H,49,50,51)(H,52,53,54)(H,55,56,57)(H,58,59,60). The molecule has 0 amide bonds. The van der Waals surface area contributed by atoms with Crippen LogP contribution in [0.15, 0.2) is 113 Å². The van der Waals surface area contributed by atoms with Crippen molar-refractivity contribution in [3.8, 4) is 34.1 Å². The zero-order valence-electron chi connectivity index (χ0n) is 30.7. The summed E-state index contributed by atoms with van der Waals surface area (Å²) in [5.41, 5.74) is -4.19. The molecule has 0 aliphatic heterocycles. The van der Waals surface area contributed by atoms with Gasteiger partial charge >= 0.3 is 365 Å². The molecule has 0 aliphatic rings. The molecule has 6 aromatic rings. The Kier molecular flexibility index (Phi) is 12.1. The Morgan fingerprint density at radius 2 is 0.750 bits per heavy atom. The molecule has 64 heavy (non-hydrogen) atoms. The van der Waals surface area contributed by atoms with E-state index in [0.717, 1.165) is 36.4 Å². The summed E-state index contributed by atoms with van der Waals surface area (Å²) in [7, 11) is -20.9. The van der Waals surface area contributed by atoms with Crippen molar-refractivity contribution >= 4 is 122 Å². The van der Waals surface area contributed by atoms with Crippen LogP contribution in [0.4, 0.5) is 22.7 Å². The second kappa shape index (κ2) is 16.1. The molecule has 26 nitrogen and oxygen atoms in total. The second-order valence-corrected chi connectivity index (χ2v) is 25.2. The molecule has 0 saturated carbocycles. The molecule has 0 saturated heterocycles. The van der Waals surface area contributed by atoms with Crippen molar-refractivity contribution in [2.75, 3.05) is 0 Å². The minimum absolute atomic E-state index is 0.150. The van der Waals surface area contributed by atoms with Gasteiger partial charge in [-0.1, -0.05) is 0 Å². The van der Waals surface area contributed by atoms with Gasteiger partial charge in [0.1, 0.15) is 0 Å². The third kappa shape index (κ3) is 9.60. The Morgan fingerprint density at radius 1 is 0.422 bits per heavy atom. The predicted octanol–water partition coefficient (Wildman–Crippen LogP) is 1.42. The van der Waals surface area contributed by atoms with Crippen molar-refractivity contribution in [2.24, 2.45) is 20.5 Å². The molecule has 6 rings (SSSR count). The van der Waals surface area contributed by atoms with Gasteiger partial charge in [0.05, 0.1) is 0 Å². The molecule has 0 heterocycles. The topological polar surface area (TPSA) is 463 Å². The SMILES string of the molecule is O=S(=O)(O)c1cc(O)c2c(O)c(N=Nc3cc(-c4ccc([As](=O)(O)O)c(N=Nc5c(S(=O)(=O)O)cc6cc(S(=O)(=O)O)cc(O)c6c5O)c4)ccc3[As](=O)(O)O)c(S(=O)(=O)O)cc2c1. The van der Waals surface area contributed by atoms with E-state index in [2.05, 4.69) is 20.5 Å². The zero-order chi connectivity index (χ0) is 47.9. The van der Waals surface area contributed by atoms with Gasteiger partial charge in [0.25, 0.3) is 0 Å². The summed E-state index contributed by atoms with van der Waals surface area (Å²) in [5.74, 6) is -4.67. The third-order valence-corrected chi connectivity index (χ3v) is 16.4. The van der Waals surface area contributed by atoms with E-state index in [1.54, 1.807) is 0 Å². The van der Waals surface area contributed by atoms with Crippen LogP contribution in [0.25, 0.3) is 32.7 Å². The summed E-state index contributed by atoms with van der Waals surface area (Å²) >= 11 is -12.2. The van der Waals surface area contributed by atoms with Gasteiger partial charge in [0, 0.05) is 0 Å². The molecular formula is C32H24As2N4O22S4. The van der Waals surface area contributed by atoms with Crippen molar-refractivity contribution in [3.63, 3.8) is 0 Å². The first-order chi connectivity index (χ1) is 29.2. The van der Waals surface area contributed by atoms with E-state index in [9.17, 15) is 96.2 Å². The molecular weight excluding hydrogens is 1070 g/mol. The zero-order valence-corrected chi connectivity index (χ0v) is 37.7. The molecule has 0 atom stereocenters. The predicted molar refractivity (Wildman–Crippen MR) is 215 cm³/mol. The molecule has 0 bridgehead atoms. The van der Waals surface area contributed by atoms with E-state index in [1.165, 1.54) is 0 Å². The van der Waals surface area contributed by atoms with Crippen LogP contribution in [-0.4, -0.2) is 117 Å². The second-order valence-electron chi connectivity index (χ2n) is 13.0. The monoisotopic (exact) mass is 1090 g/mol. The number of phenols is 4. The summed E-state index contributed by atoms with van der Waals surface area (Å²) in [4.78, 5) is -4.51. The quantitative estimate of drug-likeness (QED) is 0.0496. The van der Waals surface area contributed by atoms with Crippen molar-refractivity contribution in [2.45, 2.75) is 19.6 Å². The van der Waals surface area contributed by atoms with Gasteiger partial charge in [-0.05, 0) is 0 Å². The number of rotatable bonds is 11. The van der Waals surface area contributed by atoms with Crippen LogP contribution in [0.2, 0.25) is 0 Å². The third-order valence-electron chi connectivity index (χ3n) is 8.78. The Morgan fingerprint density at radius 3 is 1.03 bits per heavy atom. The van der Waals surface area contributed by atoms with E-state index in [1.807, 2.05) is 0 Å². The molecule has 338 valence electrons. The van der Waals surface area contributed by atoms with Crippen LogP contribution >= 0.6 is 0 Å². The van der Waals surface area contributed by atoms with Gasteiger partial charge in [-0.3, -0.25) is 0 Å². The Bertz CT molecular complexity index is 3430. The Balaban J connectivity index is 1.54.